The number of hydrogen-bond donors (Lipinski definition) is 3. The van der Waals surface area contributed by atoms with E-state index in [2.05, 4.69) is 30.8 Å². The van der Waals surface area contributed by atoms with Crippen molar-refractivity contribution in [2.24, 2.45) is 4.99 Å². The summed E-state index contributed by atoms with van der Waals surface area (Å²) in [5.41, 5.74) is 2.76. The molecular formula is C19H22FIN6. The van der Waals surface area contributed by atoms with Gasteiger partial charge in [0.15, 0.2) is 11.8 Å². The van der Waals surface area contributed by atoms with Crippen LogP contribution in [0.4, 0.5) is 4.39 Å². The third-order valence-electron chi connectivity index (χ3n) is 3.94. The van der Waals surface area contributed by atoms with Gasteiger partial charge in [-0.25, -0.2) is 9.37 Å². The van der Waals surface area contributed by atoms with Gasteiger partial charge in [-0.2, -0.15) is 5.10 Å². The van der Waals surface area contributed by atoms with Crippen LogP contribution in [0.25, 0.3) is 11.4 Å². The second-order valence-electron chi connectivity index (χ2n) is 5.73. The molecule has 6 nitrogen and oxygen atoms in total. The summed E-state index contributed by atoms with van der Waals surface area (Å²) in [5.74, 6) is 1.23. The van der Waals surface area contributed by atoms with Crippen molar-refractivity contribution < 1.29 is 4.39 Å². The van der Waals surface area contributed by atoms with Gasteiger partial charge in [-0.1, -0.05) is 36.4 Å². The molecule has 0 fully saturated rings. The number of hydrogen-bond acceptors (Lipinski definition) is 3. The van der Waals surface area contributed by atoms with Gasteiger partial charge in [-0.05, 0) is 29.7 Å². The van der Waals surface area contributed by atoms with Crippen molar-refractivity contribution in [3.05, 3.63) is 71.8 Å². The van der Waals surface area contributed by atoms with Crippen molar-refractivity contribution in [1.82, 2.24) is 25.8 Å². The molecular weight excluding hydrogens is 458 g/mol. The normalized spacial score (nSPS) is 11.0. The van der Waals surface area contributed by atoms with E-state index < -0.39 is 0 Å². The predicted molar refractivity (Wildman–Crippen MR) is 116 cm³/mol. The van der Waals surface area contributed by atoms with Crippen molar-refractivity contribution >= 4 is 29.9 Å². The van der Waals surface area contributed by atoms with Crippen LogP contribution in [0.2, 0.25) is 0 Å². The molecule has 0 atom stereocenters. The third kappa shape index (κ3) is 6.02. The summed E-state index contributed by atoms with van der Waals surface area (Å²) in [6, 6.07) is 14.8. The molecule has 0 spiro atoms. The summed E-state index contributed by atoms with van der Waals surface area (Å²) < 4.78 is 13.6. The van der Waals surface area contributed by atoms with Gasteiger partial charge in [0.1, 0.15) is 12.1 Å². The molecule has 0 bridgehead atoms. The minimum Gasteiger partial charge on any atom is -0.356 e. The minimum absolute atomic E-state index is 0. The van der Waals surface area contributed by atoms with Crippen molar-refractivity contribution in [2.45, 2.75) is 13.0 Å². The van der Waals surface area contributed by atoms with E-state index >= 15 is 0 Å². The fourth-order valence-corrected chi connectivity index (χ4v) is 2.60. The van der Waals surface area contributed by atoms with Gasteiger partial charge in [0.05, 0.1) is 0 Å². The Bertz CT molecular complexity index is 866. The highest BCUT2D eigenvalue weighted by molar-refractivity contribution is 14.0. The maximum Gasteiger partial charge on any atom is 0.191 e. The molecule has 3 aromatic rings. The van der Waals surface area contributed by atoms with Crippen LogP contribution in [0.3, 0.4) is 0 Å². The van der Waals surface area contributed by atoms with E-state index in [1.807, 2.05) is 30.3 Å². The van der Waals surface area contributed by atoms with Gasteiger partial charge < -0.3 is 10.6 Å². The number of aromatic nitrogens is 3. The number of rotatable bonds is 6. The van der Waals surface area contributed by atoms with E-state index in [-0.39, 0.29) is 29.8 Å². The van der Waals surface area contributed by atoms with Crippen molar-refractivity contribution in [3.8, 4) is 11.4 Å². The molecule has 2 aromatic carbocycles. The first-order valence-electron chi connectivity index (χ1n) is 8.39. The second kappa shape index (κ2) is 10.6. The smallest absolute Gasteiger partial charge is 0.191 e. The zero-order valence-electron chi connectivity index (χ0n) is 14.9. The Morgan fingerprint density at radius 3 is 2.74 bits per heavy atom. The topological polar surface area (TPSA) is 78.0 Å². The number of nitrogens with zero attached hydrogens (tertiary/aromatic N) is 3. The molecule has 0 radical (unpaired) electrons. The lowest BCUT2D eigenvalue weighted by Gasteiger charge is -2.12. The number of H-pyrrole nitrogens is 1. The lowest BCUT2D eigenvalue weighted by molar-refractivity contribution is 0.606. The molecule has 0 amide bonds. The van der Waals surface area contributed by atoms with E-state index in [0.29, 0.717) is 31.0 Å². The SMILES string of the molecule is CN=C(NCCc1ccccc1F)NCc1cccc(-c2ncn[nH]2)c1.I. The first-order valence-corrected chi connectivity index (χ1v) is 8.39. The molecule has 1 aromatic heterocycles. The summed E-state index contributed by atoms with van der Waals surface area (Å²) in [6.07, 6.45) is 2.08. The van der Waals surface area contributed by atoms with E-state index in [4.69, 9.17) is 0 Å². The van der Waals surface area contributed by atoms with Crippen LogP contribution in [0.5, 0.6) is 0 Å². The average Bonchev–Trinajstić information content (AvgIpc) is 3.21. The molecule has 3 rings (SSSR count). The van der Waals surface area contributed by atoms with Crippen LogP contribution in [0.15, 0.2) is 59.9 Å². The molecule has 0 saturated carbocycles. The minimum atomic E-state index is -0.179. The Balaban J connectivity index is 0.00000261. The average molecular weight is 480 g/mol. The predicted octanol–water partition coefficient (Wildman–Crippen LogP) is 3.14. The van der Waals surface area contributed by atoms with Gasteiger partial charge in [0.2, 0.25) is 0 Å². The highest BCUT2D eigenvalue weighted by Crippen LogP contribution is 2.15. The van der Waals surface area contributed by atoms with Gasteiger partial charge in [-0.3, -0.25) is 10.1 Å². The van der Waals surface area contributed by atoms with E-state index in [1.165, 1.54) is 12.4 Å². The van der Waals surface area contributed by atoms with Crippen LogP contribution in [-0.2, 0) is 13.0 Å². The van der Waals surface area contributed by atoms with Crippen LogP contribution in [0.1, 0.15) is 11.1 Å². The first kappa shape index (κ1) is 20.8. The number of aliphatic imine (C=N–C) groups is 1. The molecule has 0 aliphatic carbocycles. The van der Waals surface area contributed by atoms with Crippen LogP contribution in [-0.4, -0.2) is 34.7 Å². The standard InChI is InChI=1S/C19H21FN6.HI/c1-21-19(22-10-9-15-6-2-3-8-17(15)20)23-12-14-5-4-7-16(11-14)18-24-13-25-26-18;/h2-8,11,13H,9-10,12H2,1H3,(H2,21,22,23)(H,24,25,26);1H. The summed E-state index contributed by atoms with van der Waals surface area (Å²) in [4.78, 5) is 8.36. The Morgan fingerprint density at radius 1 is 1.15 bits per heavy atom. The highest BCUT2D eigenvalue weighted by atomic mass is 127. The fraction of sp³-hybridized carbons (Fsp3) is 0.211. The lowest BCUT2D eigenvalue weighted by atomic mass is 10.1. The Morgan fingerprint density at radius 2 is 2.00 bits per heavy atom. The molecule has 1 heterocycles. The zero-order chi connectivity index (χ0) is 18.2. The molecule has 142 valence electrons. The van der Waals surface area contributed by atoms with Gasteiger partial charge in [0.25, 0.3) is 0 Å². The largest absolute Gasteiger partial charge is 0.356 e. The van der Waals surface area contributed by atoms with Crippen LogP contribution >= 0.6 is 24.0 Å². The van der Waals surface area contributed by atoms with Crippen LogP contribution in [0, 0.1) is 5.82 Å². The summed E-state index contributed by atoms with van der Waals surface area (Å²) in [5, 5.41) is 13.2. The summed E-state index contributed by atoms with van der Waals surface area (Å²) in [6.45, 7) is 1.21. The number of aromatic amines is 1. The molecule has 0 unspecified atom stereocenters. The first-order chi connectivity index (χ1) is 12.8. The second-order valence-corrected chi connectivity index (χ2v) is 5.73. The number of nitrogens with one attached hydrogen (secondary N) is 3. The number of halogens is 2. The fourth-order valence-electron chi connectivity index (χ4n) is 2.60. The van der Waals surface area contributed by atoms with Gasteiger partial charge in [0, 0.05) is 25.7 Å². The van der Waals surface area contributed by atoms with Crippen molar-refractivity contribution in [3.63, 3.8) is 0 Å². The highest BCUT2D eigenvalue weighted by Gasteiger charge is 2.04. The van der Waals surface area contributed by atoms with E-state index in [1.54, 1.807) is 19.2 Å². The van der Waals surface area contributed by atoms with Gasteiger partial charge in [-0.15, -0.1) is 24.0 Å². The zero-order valence-corrected chi connectivity index (χ0v) is 17.3. The number of guanidine groups is 1. The molecule has 0 aliphatic rings. The molecule has 0 saturated heterocycles. The maximum atomic E-state index is 13.6. The number of benzene rings is 2. The maximum absolute atomic E-state index is 13.6. The Kier molecular flexibility index (Phi) is 8.18. The third-order valence-corrected chi connectivity index (χ3v) is 3.94. The Hall–Kier alpha value is -2.49. The summed E-state index contributed by atoms with van der Waals surface area (Å²) >= 11 is 0. The van der Waals surface area contributed by atoms with Gasteiger partial charge >= 0.3 is 0 Å². The molecule has 0 aliphatic heterocycles. The summed E-state index contributed by atoms with van der Waals surface area (Å²) in [7, 11) is 1.71. The van der Waals surface area contributed by atoms with Crippen molar-refractivity contribution in [2.75, 3.05) is 13.6 Å². The van der Waals surface area contributed by atoms with E-state index in [9.17, 15) is 4.39 Å². The molecule has 3 N–H and O–H groups in total. The molecule has 27 heavy (non-hydrogen) atoms. The molecule has 8 heteroatoms. The van der Waals surface area contributed by atoms with E-state index in [0.717, 1.165) is 17.0 Å². The van der Waals surface area contributed by atoms with Crippen molar-refractivity contribution in [1.29, 1.82) is 0 Å². The van der Waals surface area contributed by atoms with Crippen LogP contribution < -0.4 is 10.6 Å². The lowest BCUT2D eigenvalue weighted by Crippen LogP contribution is -2.37. The monoisotopic (exact) mass is 480 g/mol. The quantitative estimate of drug-likeness (QED) is 0.288. The Labute approximate surface area is 174 Å².